The van der Waals surface area contributed by atoms with E-state index >= 15 is 0 Å². The zero-order valence-electron chi connectivity index (χ0n) is 13.5. The van der Waals surface area contributed by atoms with Gasteiger partial charge in [-0.2, -0.15) is 5.10 Å². The van der Waals surface area contributed by atoms with Crippen molar-refractivity contribution in [3.05, 3.63) is 60.0 Å². The number of hydrogen-bond donors (Lipinski definition) is 3. The van der Waals surface area contributed by atoms with Gasteiger partial charge in [0.15, 0.2) is 5.76 Å². The second-order valence-electron chi connectivity index (χ2n) is 5.59. The van der Waals surface area contributed by atoms with Gasteiger partial charge in [0, 0.05) is 18.7 Å². The fourth-order valence-electron chi connectivity index (χ4n) is 2.37. The third kappa shape index (κ3) is 4.24. The number of hydrogen-bond acceptors (Lipinski definition) is 5. The Morgan fingerprint density at radius 1 is 1.25 bits per heavy atom. The second kappa shape index (κ2) is 7.81. The summed E-state index contributed by atoms with van der Waals surface area (Å²) in [5, 5.41) is 20.2. The predicted octanol–water partition coefficient (Wildman–Crippen LogP) is 2.51. The van der Waals surface area contributed by atoms with E-state index in [2.05, 4.69) is 15.5 Å². The summed E-state index contributed by atoms with van der Waals surface area (Å²) in [5.41, 5.74) is 1.84. The van der Waals surface area contributed by atoms with Gasteiger partial charge in [0.25, 0.3) is 0 Å². The first-order valence-electron chi connectivity index (χ1n) is 7.88. The summed E-state index contributed by atoms with van der Waals surface area (Å²) in [5.74, 6) is 2.36. The lowest BCUT2D eigenvalue weighted by molar-refractivity contribution is 0.106. The van der Waals surface area contributed by atoms with Crippen LogP contribution in [0.2, 0.25) is 0 Å². The molecule has 24 heavy (non-hydrogen) atoms. The van der Waals surface area contributed by atoms with Crippen molar-refractivity contribution in [2.75, 3.05) is 13.2 Å². The van der Waals surface area contributed by atoms with Gasteiger partial charge in [-0.3, -0.25) is 5.10 Å². The van der Waals surface area contributed by atoms with Crippen molar-refractivity contribution in [3.63, 3.8) is 0 Å². The molecule has 0 fully saturated rings. The zero-order chi connectivity index (χ0) is 16.8. The summed E-state index contributed by atoms with van der Waals surface area (Å²) < 4.78 is 11.1. The molecule has 0 unspecified atom stereocenters. The molecule has 0 spiro atoms. The number of aromatic amines is 1. The molecular weight excluding hydrogens is 306 g/mol. The van der Waals surface area contributed by atoms with Gasteiger partial charge in [0.1, 0.15) is 29.9 Å². The molecule has 2 heterocycles. The monoisotopic (exact) mass is 327 g/mol. The SMILES string of the molecule is Cc1ccc(-c2[nH]ncc2CNC[C@H](O)COc2ccccc2)o1. The summed E-state index contributed by atoms with van der Waals surface area (Å²) in [6.45, 7) is 3.15. The van der Waals surface area contributed by atoms with E-state index in [9.17, 15) is 5.11 Å². The lowest BCUT2D eigenvalue weighted by Crippen LogP contribution is -2.31. The van der Waals surface area contributed by atoms with Crippen LogP contribution in [0.5, 0.6) is 5.75 Å². The Morgan fingerprint density at radius 3 is 2.83 bits per heavy atom. The quantitative estimate of drug-likeness (QED) is 0.592. The summed E-state index contributed by atoms with van der Waals surface area (Å²) in [7, 11) is 0. The van der Waals surface area contributed by atoms with Crippen LogP contribution in [0.1, 0.15) is 11.3 Å². The van der Waals surface area contributed by atoms with Crippen molar-refractivity contribution in [1.82, 2.24) is 15.5 Å². The first-order chi connectivity index (χ1) is 11.7. The molecule has 3 aromatic rings. The molecule has 0 radical (unpaired) electrons. The Kier molecular flexibility index (Phi) is 5.30. The summed E-state index contributed by atoms with van der Waals surface area (Å²) in [4.78, 5) is 0. The third-order valence-corrected chi connectivity index (χ3v) is 3.59. The van der Waals surface area contributed by atoms with Gasteiger partial charge < -0.3 is 19.6 Å². The Morgan fingerprint density at radius 2 is 2.08 bits per heavy atom. The summed E-state index contributed by atoms with van der Waals surface area (Å²) in [6, 6.07) is 13.3. The third-order valence-electron chi connectivity index (χ3n) is 3.59. The number of rotatable bonds is 8. The van der Waals surface area contributed by atoms with Crippen molar-refractivity contribution in [1.29, 1.82) is 0 Å². The number of furan rings is 1. The lowest BCUT2D eigenvalue weighted by Gasteiger charge is -2.13. The minimum Gasteiger partial charge on any atom is -0.491 e. The van der Waals surface area contributed by atoms with Crippen LogP contribution < -0.4 is 10.1 Å². The van der Waals surface area contributed by atoms with Crippen molar-refractivity contribution < 1.29 is 14.3 Å². The molecule has 1 atom stereocenters. The zero-order valence-corrected chi connectivity index (χ0v) is 13.5. The van der Waals surface area contributed by atoms with Crippen LogP contribution in [0, 0.1) is 6.92 Å². The number of benzene rings is 1. The maximum absolute atomic E-state index is 10.00. The average Bonchev–Trinajstić information content (AvgIpc) is 3.22. The van der Waals surface area contributed by atoms with E-state index in [1.165, 1.54) is 0 Å². The van der Waals surface area contributed by atoms with Gasteiger partial charge in [0.2, 0.25) is 0 Å². The van der Waals surface area contributed by atoms with Crippen molar-refractivity contribution in [2.45, 2.75) is 19.6 Å². The normalized spacial score (nSPS) is 12.2. The van der Waals surface area contributed by atoms with Crippen LogP contribution >= 0.6 is 0 Å². The highest BCUT2D eigenvalue weighted by molar-refractivity contribution is 5.56. The van der Waals surface area contributed by atoms with E-state index in [1.54, 1.807) is 6.20 Å². The molecule has 3 N–H and O–H groups in total. The van der Waals surface area contributed by atoms with Gasteiger partial charge in [-0.25, -0.2) is 0 Å². The number of aliphatic hydroxyl groups is 1. The maximum atomic E-state index is 10.00. The Labute approximate surface area is 140 Å². The van der Waals surface area contributed by atoms with E-state index in [4.69, 9.17) is 9.15 Å². The van der Waals surface area contributed by atoms with Gasteiger partial charge in [-0.15, -0.1) is 0 Å². The van der Waals surface area contributed by atoms with Crippen LogP contribution in [0.3, 0.4) is 0 Å². The maximum Gasteiger partial charge on any atom is 0.152 e. The Bertz CT molecular complexity index is 752. The molecule has 0 aliphatic rings. The van der Waals surface area contributed by atoms with Gasteiger partial charge in [0.05, 0.1) is 6.20 Å². The molecule has 0 saturated heterocycles. The highest BCUT2D eigenvalue weighted by Crippen LogP contribution is 2.23. The topological polar surface area (TPSA) is 83.3 Å². The van der Waals surface area contributed by atoms with E-state index in [0.717, 1.165) is 28.5 Å². The van der Waals surface area contributed by atoms with E-state index in [0.29, 0.717) is 13.1 Å². The fraction of sp³-hybridized carbons (Fsp3) is 0.278. The molecular formula is C18H21N3O3. The molecule has 2 aromatic heterocycles. The number of H-pyrrole nitrogens is 1. The highest BCUT2D eigenvalue weighted by Gasteiger charge is 2.12. The van der Waals surface area contributed by atoms with E-state index in [-0.39, 0.29) is 6.61 Å². The second-order valence-corrected chi connectivity index (χ2v) is 5.59. The van der Waals surface area contributed by atoms with Crippen molar-refractivity contribution >= 4 is 0 Å². The van der Waals surface area contributed by atoms with Crippen LogP contribution in [0.15, 0.2) is 53.1 Å². The molecule has 0 aliphatic carbocycles. The number of nitrogens with zero attached hydrogens (tertiary/aromatic N) is 1. The average molecular weight is 327 g/mol. The minimum absolute atomic E-state index is 0.243. The van der Waals surface area contributed by atoms with Crippen molar-refractivity contribution in [2.24, 2.45) is 0 Å². The Balaban J connectivity index is 1.46. The van der Waals surface area contributed by atoms with Gasteiger partial charge in [-0.05, 0) is 31.2 Å². The van der Waals surface area contributed by atoms with Crippen molar-refractivity contribution in [3.8, 4) is 17.2 Å². The smallest absolute Gasteiger partial charge is 0.152 e. The summed E-state index contributed by atoms with van der Waals surface area (Å²) >= 11 is 0. The van der Waals surface area contributed by atoms with Crippen LogP contribution in [0.4, 0.5) is 0 Å². The number of para-hydroxylation sites is 1. The standard InChI is InChI=1S/C18H21N3O3/c1-13-7-8-17(24-13)18-14(10-20-21-18)9-19-11-15(22)12-23-16-5-3-2-4-6-16/h2-8,10,15,19,22H,9,11-12H2,1H3,(H,20,21)/t15-/m0/s1. The number of aryl methyl sites for hydroxylation is 1. The molecule has 1 aromatic carbocycles. The van der Waals surface area contributed by atoms with Crippen LogP contribution in [0.25, 0.3) is 11.5 Å². The molecule has 6 nitrogen and oxygen atoms in total. The van der Waals surface area contributed by atoms with Gasteiger partial charge >= 0.3 is 0 Å². The van der Waals surface area contributed by atoms with E-state index < -0.39 is 6.10 Å². The van der Waals surface area contributed by atoms with Gasteiger partial charge in [-0.1, -0.05) is 18.2 Å². The predicted molar refractivity (Wildman–Crippen MR) is 90.7 cm³/mol. The Hall–Kier alpha value is -2.57. The number of nitrogens with one attached hydrogen (secondary N) is 2. The largest absolute Gasteiger partial charge is 0.491 e. The molecule has 0 aliphatic heterocycles. The lowest BCUT2D eigenvalue weighted by atomic mass is 10.2. The van der Waals surface area contributed by atoms with Crippen LogP contribution in [-0.2, 0) is 6.54 Å². The molecule has 6 heteroatoms. The number of aromatic nitrogens is 2. The minimum atomic E-state index is -0.591. The molecule has 126 valence electrons. The molecule has 0 saturated carbocycles. The number of aliphatic hydroxyl groups excluding tert-OH is 1. The van der Waals surface area contributed by atoms with Crippen LogP contribution in [-0.4, -0.2) is 34.6 Å². The molecule has 3 rings (SSSR count). The first kappa shape index (κ1) is 16.3. The summed E-state index contributed by atoms with van der Waals surface area (Å²) in [6.07, 6.45) is 1.17. The number of ether oxygens (including phenoxy) is 1. The van der Waals surface area contributed by atoms with E-state index in [1.807, 2.05) is 49.4 Å². The fourth-order valence-corrected chi connectivity index (χ4v) is 2.37. The molecule has 0 amide bonds. The first-order valence-corrected chi connectivity index (χ1v) is 7.88. The highest BCUT2D eigenvalue weighted by atomic mass is 16.5. The molecule has 0 bridgehead atoms.